The SMILES string of the molecule is O=C1c2ccccc2C(=O)N1CN1CCc2ccccc2C1. The Balaban J connectivity index is 1.54. The van der Waals surface area contributed by atoms with Gasteiger partial charge < -0.3 is 0 Å². The molecule has 0 saturated carbocycles. The summed E-state index contributed by atoms with van der Waals surface area (Å²) in [5, 5.41) is 0. The van der Waals surface area contributed by atoms with Crippen LogP contribution in [0.4, 0.5) is 0 Å². The highest BCUT2D eigenvalue weighted by Crippen LogP contribution is 2.24. The molecule has 2 amide bonds. The van der Waals surface area contributed by atoms with Crippen molar-refractivity contribution in [1.29, 1.82) is 0 Å². The van der Waals surface area contributed by atoms with Crippen LogP contribution in [0.15, 0.2) is 48.5 Å². The minimum atomic E-state index is -0.181. The molecule has 0 aliphatic carbocycles. The molecule has 0 atom stereocenters. The maximum absolute atomic E-state index is 12.4. The Morgan fingerprint density at radius 1 is 0.818 bits per heavy atom. The van der Waals surface area contributed by atoms with Gasteiger partial charge in [0, 0.05) is 13.1 Å². The van der Waals surface area contributed by atoms with E-state index in [9.17, 15) is 9.59 Å². The van der Waals surface area contributed by atoms with Crippen molar-refractivity contribution >= 4 is 11.8 Å². The van der Waals surface area contributed by atoms with Crippen molar-refractivity contribution in [2.75, 3.05) is 13.2 Å². The molecule has 4 nitrogen and oxygen atoms in total. The van der Waals surface area contributed by atoms with Crippen LogP contribution in [-0.4, -0.2) is 34.8 Å². The van der Waals surface area contributed by atoms with Crippen molar-refractivity contribution in [2.45, 2.75) is 13.0 Å². The first kappa shape index (κ1) is 13.2. The second-order valence-electron chi connectivity index (χ2n) is 5.80. The number of carbonyl (C=O) groups excluding carboxylic acids is 2. The number of nitrogens with zero attached hydrogens (tertiary/aromatic N) is 2. The molecule has 4 heteroatoms. The summed E-state index contributed by atoms with van der Waals surface area (Å²) in [5.74, 6) is -0.362. The zero-order valence-corrected chi connectivity index (χ0v) is 12.2. The van der Waals surface area contributed by atoms with Gasteiger partial charge in [0.1, 0.15) is 0 Å². The number of hydrogen-bond acceptors (Lipinski definition) is 3. The van der Waals surface area contributed by atoms with Gasteiger partial charge in [-0.05, 0) is 29.7 Å². The lowest BCUT2D eigenvalue weighted by molar-refractivity contribution is 0.0526. The standard InChI is InChI=1S/C18H16N2O2/c21-17-15-7-3-4-8-16(15)18(22)20(17)12-19-10-9-13-5-1-2-6-14(13)11-19/h1-8H,9-12H2. The number of imide groups is 1. The molecular weight excluding hydrogens is 276 g/mol. The number of rotatable bonds is 2. The largest absolute Gasteiger partial charge is 0.281 e. The maximum Gasteiger partial charge on any atom is 0.262 e. The monoisotopic (exact) mass is 292 g/mol. The summed E-state index contributed by atoms with van der Waals surface area (Å²) in [6.07, 6.45) is 0.958. The molecule has 0 fully saturated rings. The van der Waals surface area contributed by atoms with Crippen LogP contribution in [0.25, 0.3) is 0 Å². The minimum Gasteiger partial charge on any atom is -0.281 e. The molecule has 2 aromatic rings. The number of amides is 2. The van der Waals surface area contributed by atoms with Gasteiger partial charge in [0.05, 0.1) is 17.8 Å². The Labute approximate surface area is 129 Å². The fourth-order valence-corrected chi connectivity index (χ4v) is 3.24. The minimum absolute atomic E-state index is 0.181. The van der Waals surface area contributed by atoms with Gasteiger partial charge in [-0.1, -0.05) is 36.4 Å². The molecule has 0 bridgehead atoms. The van der Waals surface area contributed by atoms with E-state index in [2.05, 4.69) is 23.1 Å². The third-order valence-corrected chi connectivity index (χ3v) is 4.43. The normalized spacial score (nSPS) is 17.5. The average Bonchev–Trinajstić information content (AvgIpc) is 2.80. The quantitative estimate of drug-likeness (QED) is 0.797. The van der Waals surface area contributed by atoms with Crippen LogP contribution in [0.1, 0.15) is 31.8 Å². The maximum atomic E-state index is 12.4. The van der Waals surface area contributed by atoms with E-state index in [1.54, 1.807) is 24.3 Å². The van der Waals surface area contributed by atoms with E-state index >= 15 is 0 Å². The molecule has 110 valence electrons. The predicted octanol–water partition coefficient (Wildman–Crippen LogP) is 2.30. The van der Waals surface area contributed by atoms with Gasteiger partial charge in [-0.25, -0.2) is 0 Å². The first-order chi connectivity index (χ1) is 10.7. The van der Waals surface area contributed by atoms with Crippen LogP contribution >= 0.6 is 0 Å². The Hall–Kier alpha value is -2.46. The second kappa shape index (κ2) is 5.07. The first-order valence-corrected chi connectivity index (χ1v) is 7.48. The van der Waals surface area contributed by atoms with Crippen LogP contribution < -0.4 is 0 Å². The molecule has 22 heavy (non-hydrogen) atoms. The molecule has 0 saturated heterocycles. The van der Waals surface area contributed by atoms with Gasteiger partial charge in [-0.3, -0.25) is 19.4 Å². The van der Waals surface area contributed by atoms with E-state index in [1.165, 1.54) is 16.0 Å². The molecule has 4 rings (SSSR count). The van der Waals surface area contributed by atoms with Gasteiger partial charge in [0.2, 0.25) is 0 Å². The predicted molar refractivity (Wildman–Crippen MR) is 82.4 cm³/mol. The summed E-state index contributed by atoms with van der Waals surface area (Å²) >= 11 is 0. The van der Waals surface area contributed by atoms with E-state index < -0.39 is 0 Å². The third kappa shape index (κ3) is 2.04. The van der Waals surface area contributed by atoms with Crippen LogP contribution in [-0.2, 0) is 13.0 Å². The van der Waals surface area contributed by atoms with Gasteiger partial charge in [-0.2, -0.15) is 0 Å². The van der Waals surface area contributed by atoms with Gasteiger partial charge in [0.15, 0.2) is 0 Å². The van der Waals surface area contributed by atoms with Crippen LogP contribution in [0.3, 0.4) is 0 Å². The van der Waals surface area contributed by atoms with Crippen LogP contribution in [0.5, 0.6) is 0 Å². The topological polar surface area (TPSA) is 40.6 Å². The van der Waals surface area contributed by atoms with E-state index in [-0.39, 0.29) is 11.8 Å². The zero-order chi connectivity index (χ0) is 15.1. The van der Waals surface area contributed by atoms with Crippen molar-refractivity contribution in [3.05, 3.63) is 70.8 Å². The summed E-state index contributed by atoms with van der Waals surface area (Å²) in [7, 11) is 0. The molecule has 2 aromatic carbocycles. The second-order valence-corrected chi connectivity index (χ2v) is 5.80. The summed E-state index contributed by atoms with van der Waals surface area (Å²) < 4.78 is 0. The summed E-state index contributed by atoms with van der Waals surface area (Å²) in [6.45, 7) is 2.01. The molecule has 0 spiro atoms. The fourth-order valence-electron chi connectivity index (χ4n) is 3.24. The lowest BCUT2D eigenvalue weighted by atomic mass is 10.0. The van der Waals surface area contributed by atoms with Crippen LogP contribution in [0.2, 0.25) is 0 Å². The van der Waals surface area contributed by atoms with Crippen molar-refractivity contribution in [3.8, 4) is 0 Å². The number of fused-ring (bicyclic) bond motifs is 2. The highest BCUT2D eigenvalue weighted by Gasteiger charge is 2.36. The number of carbonyl (C=O) groups is 2. The Bertz CT molecular complexity index is 734. The molecular formula is C18H16N2O2. The summed E-state index contributed by atoms with van der Waals surface area (Å²) in [6, 6.07) is 15.4. The average molecular weight is 292 g/mol. The lowest BCUT2D eigenvalue weighted by Crippen LogP contribution is -2.43. The highest BCUT2D eigenvalue weighted by atomic mass is 16.2. The number of hydrogen-bond donors (Lipinski definition) is 0. The van der Waals surface area contributed by atoms with Crippen molar-refractivity contribution in [3.63, 3.8) is 0 Å². The van der Waals surface area contributed by atoms with Crippen molar-refractivity contribution < 1.29 is 9.59 Å². The van der Waals surface area contributed by atoms with Gasteiger partial charge >= 0.3 is 0 Å². The van der Waals surface area contributed by atoms with Crippen molar-refractivity contribution in [1.82, 2.24) is 9.80 Å². The smallest absolute Gasteiger partial charge is 0.262 e. The Kier molecular flexibility index (Phi) is 3.05. The van der Waals surface area contributed by atoms with E-state index in [0.717, 1.165) is 19.5 Å². The van der Waals surface area contributed by atoms with Crippen LogP contribution in [0, 0.1) is 0 Å². The summed E-state index contributed by atoms with van der Waals surface area (Å²) in [4.78, 5) is 28.3. The lowest BCUT2D eigenvalue weighted by Gasteiger charge is -2.31. The van der Waals surface area contributed by atoms with E-state index in [4.69, 9.17) is 0 Å². The Morgan fingerprint density at radius 2 is 1.41 bits per heavy atom. The fraction of sp³-hybridized carbons (Fsp3) is 0.222. The highest BCUT2D eigenvalue weighted by molar-refractivity contribution is 6.21. The van der Waals surface area contributed by atoms with Crippen molar-refractivity contribution in [2.24, 2.45) is 0 Å². The van der Waals surface area contributed by atoms with E-state index in [0.29, 0.717) is 17.8 Å². The molecule has 2 aliphatic rings. The Morgan fingerprint density at radius 3 is 2.09 bits per heavy atom. The molecule has 2 aliphatic heterocycles. The molecule has 0 N–H and O–H groups in total. The molecule has 0 unspecified atom stereocenters. The zero-order valence-electron chi connectivity index (χ0n) is 12.2. The van der Waals surface area contributed by atoms with Gasteiger partial charge in [-0.15, -0.1) is 0 Å². The number of benzene rings is 2. The van der Waals surface area contributed by atoms with Gasteiger partial charge in [0.25, 0.3) is 11.8 Å². The third-order valence-electron chi connectivity index (χ3n) is 4.43. The van der Waals surface area contributed by atoms with E-state index in [1.807, 2.05) is 6.07 Å². The molecule has 0 radical (unpaired) electrons. The summed E-state index contributed by atoms with van der Waals surface area (Å²) in [5.41, 5.74) is 3.68. The molecule has 0 aromatic heterocycles. The molecule has 2 heterocycles. The first-order valence-electron chi connectivity index (χ1n) is 7.48.